The van der Waals surface area contributed by atoms with Crippen LogP contribution in [0, 0.1) is 5.92 Å². The molecule has 1 unspecified atom stereocenters. The number of hydrogen-bond donors (Lipinski definition) is 2. The molecule has 2 N–H and O–H groups in total. The van der Waals surface area contributed by atoms with Gasteiger partial charge in [0, 0.05) is 24.4 Å². The van der Waals surface area contributed by atoms with Crippen molar-refractivity contribution in [3.05, 3.63) is 60.2 Å². The highest BCUT2D eigenvalue weighted by molar-refractivity contribution is 5.85. The zero-order valence-electron chi connectivity index (χ0n) is 18.0. The van der Waals surface area contributed by atoms with E-state index in [9.17, 15) is 9.90 Å². The maximum Gasteiger partial charge on any atom is 0.223 e. The van der Waals surface area contributed by atoms with Crippen molar-refractivity contribution >= 4 is 22.6 Å². The number of nitrogens with zero attached hydrogens (tertiary/aromatic N) is 2. The Morgan fingerprint density at radius 1 is 1.19 bits per heavy atom. The van der Waals surface area contributed by atoms with Crippen LogP contribution in [0.15, 0.2) is 54.6 Å². The van der Waals surface area contributed by atoms with Crippen molar-refractivity contribution in [2.75, 3.05) is 24.6 Å². The van der Waals surface area contributed by atoms with Crippen LogP contribution in [0.4, 0.5) is 5.82 Å². The Morgan fingerprint density at radius 2 is 1.97 bits per heavy atom. The van der Waals surface area contributed by atoms with Crippen molar-refractivity contribution < 1.29 is 14.6 Å². The molecule has 1 amide bonds. The van der Waals surface area contributed by atoms with Gasteiger partial charge in [-0.25, -0.2) is 4.98 Å². The predicted octanol–water partition coefficient (Wildman–Crippen LogP) is 4.43. The van der Waals surface area contributed by atoms with Crippen LogP contribution >= 0.6 is 0 Å². The fraction of sp³-hybridized carbons (Fsp3) is 0.360. The summed E-state index contributed by atoms with van der Waals surface area (Å²) >= 11 is 0. The lowest BCUT2D eigenvalue weighted by Gasteiger charge is -2.32. The molecule has 0 saturated carbocycles. The number of piperidine rings is 1. The largest absolute Gasteiger partial charge is 0.506 e. The molecule has 0 radical (unpaired) electrons. The van der Waals surface area contributed by atoms with Gasteiger partial charge in [0.25, 0.3) is 0 Å². The van der Waals surface area contributed by atoms with Gasteiger partial charge in [-0.2, -0.15) is 0 Å². The Balaban J connectivity index is 1.35. The molecule has 4 rings (SSSR count). The zero-order chi connectivity index (χ0) is 21.8. The second-order valence-electron chi connectivity index (χ2n) is 8.02. The molecule has 6 heteroatoms. The average Bonchev–Trinajstić information content (AvgIpc) is 2.80. The van der Waals surface area contributed by atoms with E-state index in [1.807, 2.05) is 62.4 Å². The molecule has 2 aromatic carbocycles. The minimum atomic E-state index is -0.0731. The number of phenols is 1. The average molecular weight is 420 g/mol. The van der Waals surface area contributed by atoms with Gasteiger partial charge >= 0.3 is 0 Å². The van der Waals surface area contributed by atoms with Gasteiger partial charge in [0.15, 0.2) is 0 Å². The summed E-state index contributed by atoms with van der Waals surface area (Å²) in [7, 11) is 0. The zero-order valence-corrected chi connectivity index (χ0v) is 18.0. The number of ether oxygens (including phenoxy) is 1. The number of phenolic OH excluding ortho intramolecular Hbond substituents is 1. The summed E-state index contributed by atoms with van der Waals surface area (Å²) < 4.78 is 5.57. The summed E-state index contributed by atoms with van der Waals surface area (Å²) in [6.45, 7) is 6.11. The topological polar surface area (TPSA) is 74.7 Å². The minimum Gasteiger partial charge on any atom is -0.506 e. The molecule has 31 heavy (non-hydrogen) atoms. The molecule has 1 saturated heterocycles. The number of carbonyl (C=O) groups is 1. The summed E-state index contributed by atoms with van der Waals surface area (Å²) in [5.41, 5.74) is 1.65. The van der Waals surface area contributed by atoms with Crippen LogP contribution in [0.5, 0.6) is 11.5 Å². The summed E-state index contributed by atoms with van der Waals surface area (Å²) in [4.78, 5) is 19.7. The molecule has 6 nitrogen and oxygen atoms in total. The highest BCUT2D eigenvalue weighted by Crippen LogP contribution is 2.28. The second kappa shape index (κ2) is 9.25. The van der Waals surface area contributed by atoms with E-state index in [1.54, 1.807) is 6.07 Å². The SMILES string of the molecule is CCOc1cccc(C(C)NC(=O)C2CCN(c3ccc4cccc(O)c4n3)CC2)c1. The number of carbonyl (C=O) groups excluding carboxylic acids is 1. The summed E-state index contributed by atoms with van der Waals surface area (Å²) in [6, 6.07) is 17.2. The van der Waals surface area contributed by atoms with Crippen LogP contribution in [-0.2, 0) is 4.79 Å². The number of aromatic hydroxyl groups is 1. The highest BCUT2D eigenvalue weighted by Gasteiger charge is 2.27. The molecule has 1 aliphatic heterocycles. The van der Waals surface area contributed by atoms with Crippen LogP contribution in [-0.4, -0.2) is 35.7 Å². The number of pyridine rings is 1. The van der Waals surface area contributed by atoms with Gasteiger partial charge in [0.1, 0.15) is 22.8 Å². The molecule has 1 atom stereocenters. The number of hydrogen-bond acceptors (Lipinski definition) is 5. The van der Waals surface area contributed by atoms with Crippen molar-refractivity contribution in [1.82, 2.24) is 10.3 Å². The van der Waals surface area contributed by atoms with Gasteiger partial charge < -0.3 is 20.1 Å². The number of rotatable bonds is 6. The first-order chi connectivity index (χ1) is 15.0. The van der Waals surface area contributed by atoms with Crippen molar-refractivity contribution in [2.45, 2.75) is 32.7 Å². The third kappa shape index (κ3) is 4.74. The number of fused-ring (bicyclic) bond motifs is 1. The summed E-state index contributed by atoms with van der Waals surface area (Å²) in [6.07, 6.45) is 1.55. The Morgan fingerprint density at radius 3 is 2.74 bits per heavy atom. The Hall–Kier alpha value is -3.28. The van der Waals surface area contributed by atoms with E-state index in [4.69, 9.17) is 4.74 Å². The van der Waals surface area contributed by atoms with Gasteiger partial charge in [-0.1, -0.05) is 24.3 Å². The number of amides is 1. The molecule has 0 bridgehead atoms. The molecule has 2 heterocycles. The van der Waals surface area contributed by atoms with Gasteiger partial charge in [-0.05, 0) is 62.6 Å². The fourth-order valence-corrected chi connectivity index (χ4v) is 4.12. The number of benzene rings is 2. The van der Waals surface area contributed by atoms with Gasteiger partial charge in [-0.15, -0.1) is 0 Å². The van der Waals surface area contributed by atoms with Crippen molar-refractivity contribution in [1.29, 1.82) is 0 Å². The van der Waals surface area contributed by atoms with Crippen LogP contribution in [0.25, 0.3) is 10.9 Å². The highest BCUT2D eigenvalue weighted by atomic mass is 16.5. The quantitative estimate of drug-likeness (QED) is 0.618. The van der Waals surface area contributed by atoms with Gasteiger partial charge in [0.05, 0.1) is 12.6 Å². The maximum absolute atomic E-state index is 12.8. The van der Waals surface area contributed by atoms with Gasteiger partial charge in [-0.3, -0.25) is 4.79 Å². The molecule has 1 fully saturated rings. The third-order valence-electron chi connectivity index (χ3n) is 5.90. The normalized spacial score (nSPS) is 15.6. The van der Waals surface area contributed by atoms with E-state index < -0.39 is 0 Å². The van der Waals surface area contributed by atoms with E-state index in [1.165, 1.54) is 0 Å². The smallest absolute Gasteiger partial charge is 0.223 e. The van der Waals surface area contributed by atoms with E-state index in [0.717, 1.165) is 48.4 Å². The van der Waals surface area contributed by atoms with Crippen LogP contribution in [0.3, 0.4) is 0 Å². The monoisotopic (exact) mass is 419 g/mol. The second-order valence-corrected chi connectivity index (χ2v) is 8.02. The van der Waals surface area contributed by atoms with E-state index in [0.29, 0.717) is 12.1 Å². The Bertz CT molecular complexity index is 1060. The molecule has 0 spiro atoms. The Labute approximate surface area is 182 Å². The summed E-state index contributed by atoms with van der Waals surface area (Å²) in [5, 5.41) is 14.2. The lowest BCUT2D eigenvalue weighted by molar-refractivity contribution is -0.126. The molecule has 1 aliphatic rings. The minimum absolute atomic E-state index is 0.0115. The lowest BCUT2D eigenvalue weighted by atomic mass is 9.95. The Kier molecular flexibility index (Phi) is 6.26. The number of para-hydroxylation sites is 1. The standard InChI is InChI=1S/C25H29N3O3/c1-3-31-21-8-4-7-20(16-21)17(2)26-25(30)19-12-14-28(15-13-19)23-11-10-18-6-5-9-22(29)24(18)27-23/h4-11,16-17,19,29H,3,12-15H2,1-2H3,(H,26,30). The number of nitrogens with one attached hydrogen (secondary N) is 1. The van der Waals surface area contributed by atoms with E-state index in [-0.39, 0.29) is 23.6 Å². The molecule has 1 aromatic heterocycles. The first kappa shape index (κ1) is 21.0. The molecular formula is C25H29N3O3. The lowest BCUT2D eigenvalue weighted by Crippen LogP contribution is -2.41. The first-order valence-corrected chi connectivity index (χ1v) is 10.9. The number of anilines is 1. The maximum atomic E-state index is 12.8. The van der Waals surface area contributed by atoms with E-state index in [2.05, 4.69) is 15.2 Å². The first-order valence-electron chi connectivity index (χ1n) is 10.9. The van der Waals surface area contributed by atoms with E-state index >= 15 is 0 Å². The third-order valence-corrected chi connectivity index (χ3v) is 5.90. The van der Waals surface area contributed by atoms with Crippen molar-refractivity contribution in [2.24, 2.45) is 5.92 Å². The molecule has 162 valence electrons. The van der Waals surface area contributed by atoms with Crippen LogP contribution in [0.2, 0.25) is 0 Å². The fourth-order valence-electron chi connectivity index (χ4n) is 4.12. The van der Waals surface area contributed by atoms with Crippen LogP contribution < -0.4 is 15.0 Å². The molecular weight excluding hydrogens is 390 g/mol. The molecule has 0 aliphatic carbocycles. The predicted molar refractivity (Wildman–Crippen MR) is 123 cm³/mol. The summed E-state index contributed by atoms with van der Waals surface area (Å²) in [5.74, 6) is 1.94. The van der Waals surface area contributed by atoms with Crippen molar-refractivity contribution in [3.63, 3.8) is 0 Å². The molecule has 3 aromatic rings. The van der Waals surface area contributed by atoms with Crippen molar-refractivity contribution in [3.8, 4) is 11.5 Å². The van der Waals surface area contributed by atoms with Crippen LogP contribution in [0.1, 0.15) is 38.3 Å². The number of aromatic nitrogens is 1. The van der Waals surface area contributed by atoms with Gasteiger partial charge in [0.2, 0.25) is 5.91 Å².